The summed E-state index contributed by atoms with van der Waals surface area (Å²) in [6.45, 7) is 6.31. The highest BCUT2D eigenvalue weighted by Crippen LogP contribution is 2.20. The second kappa shape index (κ2) is 8.46. The monoisotopic (exact) mass is 322 g/mol. The van der Waals surface area contributed by atoms with Crippen LogP contribution in [-0.2, 0) is 13.1 Å². The lowest BCUT2D eigenvalue weighted by molar-refractivity contribution is 0.281. The molecule has 2 aromatic rings. The minimum absolute atomic E-state index is 0.573. The van der Waals surface area contributed by atoms with Gasteiger partial charge in [0.2, 0.25) is 0 Å². The topological polar surface area (TPSA) is 24.1 Å². The molecular formula is C22H30N2. The Hall–Kier alpha value is -1.64. The molecule has 2 atom stereocenters. The third-order valence-electron chi connectivity index (χ3n) is 5.32. The quantitative estimate of drug-likeness (QED) is 0.818. The van der Waals surface area contributed by atoms with Gasteiger partial charge in [-0.2, -0.15) is 0 Å². The van der Waals surface area contributed by atoms with E-state index < -0.39 is 0 Å². The second-order valence-electron chi connectivity index (χ2n) is 7.16. The minimum Gasteiger partial charge on any atom is -0.308 e. The molecular weight excluding hydrogens is 292 g/mol. The average molecular weight is 322 g/mol. The van der Waals surface area contributed by atoms with E-state index in [1.807, 2.05) is 0 Å². The lowest BCUT2D eigenvalue weighted by atomic mass is 9.90. The highest BCUT2D eigenvalue weighted by Gasteiger charge is 2.24. The fraction of sp³-hybridized carbons (Fsp3) is 0.455. The smallest absolute Gasteiger partial charge is 0.0224 e. The van der Waals surface area contributed by atoms with E-state index in [1.54, 1.807) is 0 Å². The zero-order chi connectivity index (χ0) is 16.8. The predicted octanol–water partition coefficient (Wildman–Crippen LogP) is 4.49. The Morgan fingerprint density at radius 3 is 2.00 bits per heavy atom. The summed E-state index contributed by atoms with van der Waals surface area (Å²) in [7, 11) is 0. The number of rotatable bonds is 6. The molecule has 24 heavy (non-hydrogen) atoms. The summed E-state index contributed by atoms with van der Waals surface area (Å²) in [5, 5.41) is 7.59. The summed E-state index contributed by atoms with van der Waals surface area (Å²) in [6, 6.07) is 18.7. The molecule has 2 nitrogen and oxygen atoms in total. The highest BCUT2D eigenvalue weighted by atomic mass is 15.0. The van der Waals surface area contributed by atoms with Gasteiger partial charge in [0.1, 0.15) is 0 Å². The van der Waals surface area contributed by atoms with E-state index in [9.17, 15) is 0 Å². The number of benzene rings is 2. The molecule has 0 aliphatic heterocycles. The lowest BCUT2D eigenvalue weighted by Gasteiger charge is -2.33. The molecule has 1 saturated carbocycles. The van der Waals surface area contributed by atoms with Gasteiger partial charge in [-0.15, -0.1) is 0 Å². The molecule has 0 saturated heterocycles. The van der Waals surface area contributed by atoms with Crippen molar-refractivity contribution in [1.29, 1.82) is 0 Å². The van der Waals surface area contributed by atoms with Crippen LogP contribution in [0.1, 0.15) is 47.9 Å². The van der Waals surface area contributed by atoms with E-state index >= 15 is 0 Å². The Bertz CT molecular complexity index is 636. The van der Waals surface area contributed by atoms with Gasteiger partial charge in [-0.1, -0.05) is 61.4 Å². The number of nitrogens with one attached hydrogen (secondary N) is 2. The van der Waals surface area contributed by atoms with Crippen LogP contribution in [0.15, 0.2) is 48.5 Å². The van der Waals surface area contributed by atoms with Crippen LogP contribution in [0.4, 0.5) is 0 Å². The molecule has 2 unspecified atom stereocenters. The van der Waals surface area contributed by atoms with Gasteiger partial charge < -0.3 is 10.6 Å². The van der Waals surface area contributed by atoms with Gasteiger partial charge >= 0.3 is 0 Å². The van der Waals surface area contributed by atoms with Crippen molar-refractivity contribution in [3.63, 3.8) is 0 Å². The van der Waals surface area contributed by atoms with Gasteiger partial charge in [0, 0.05) is 25.2 Å². The van der Waals surface area contributed by atoms with Gasteiger partial charge in [0.15, 0.2) is 0 Å². The molecule has 128 valence electrons. The van der Waals surface area contributed by atoms with Gasteiger partial charge in [-0.3, -0.25) is 0 Å². The highest BCUT2D eigenvalue weighted by molar-refractivity contribution is 5.29. The summed E-state index contributed by atoms with van der Waals surface area (Å²) < 4.78 is 0. The van der Waals surface area contributed by atoms with Crippen molar-refractivity contribution >= 4 is 0 Å². The fourth-order valence-electron chi connectivity index (χ4n) is 3.63. The van der Waals surface area contributed by atoms with Crippen LogP contribution in [0.5, 0.6) is 0 Å². The van der Waals surface area contributed by atoms with Crippen molar-refractivity contribution < 1.29 is 0 Å². The third kappa shape index (κ3) is 4.68. The molecule has 2 N–H and O–H groups in total. The van der Waals surface area contributed by atoms with Crippen LogP contribution in [0, 0.1) is 13.8 Å². The number of hydrogen-bond donors (Lipinski definition) is 2. The molecule has 0 aromatic heterocycles. The maximum Gasteiger partial charge on any atom is 0.0224 e. The van der Waals surface area contributed by atoms with Crippen LogP contribution < -0.4 is 10.6 Å². The van der Waals surface area contributed by atoms with Crippen molar-refractivity contribution in [2.24, 2.45) is 0 Å². The second-order valence-corrected chi connectivity index (χ2v) is 7.16. The maximum atomic E-state index is 3.81. The molecule has 2 heteroatoms. The molecule has 0 spiro atoms. The molecule has 0 heterocycles. The summed E-state index contributed by atoms with van der Waals surface area (Å²) in [6.07, 6.45) is 5.23. The maximum absolute atomic E-state index is 3.81. The van der Waals surface area contributed by atoms with Gasteiger partial charge in [-0.05, 0) is 48.9 Å². The van der Waals surface area contributed by atoms with E-state index in [-0.39, 0.29) is 0 Å². The molecule has 1 fully saturated rings. The Morgan fingerprint density at radius 1 is 0.750 bits per heavy atom. The standard InChI is InChI=1S/C22H30N2/c1-17-12-13-20(14-18(17)2)16-24-22-11-7-6-10-21(22)23-15-19-8-4-3-5-9-19/h3-5,8-9,12-14,21-24H,6-7,10-11,15-16H2,1-2H3. The molecule has 0 amide bonds. The molecule has 0 bridgehead atoms. The minimum atomic E-state index is 0.573. The molecule has 3 rings (SSSR count). The van der Waals surface area contributed by atoms with Crippen LogP contribution in [0.25, 0.3) is 0 Å². The van der Waals surface area contributed by atoms with E-state index in [1.165, 1.54) is 47.9 Å². The van der Waals surface area contributed by atoms with Crippen LogP contribution in [-0.4, -0.2) is 12.1 Å². The fourth-order valence-corrected chi connectivity index (χ4v) is 3.63. The third-order valence-corrected chi connectivity index (χ3v) is 5.32. The summed E-state index contributed by atoms with van der Waals surface area (Å²) in [5.74, 6) is 0. The van der Waals surface area contributed by atoms with E-state index in [4.69, 9.17) is 0 Å². The van der Waals surface area contributed by atoms with Crippen molar-refractivity contribution in [3.8, 4) is 0 Å². The number of hydrogen-bond acceptors (Lipinski definition) is 2. The van der Waals surface area contributed by atoms with Crippen LogP contribution in [0.3, 0.4) is 0 Å². The predicted molar refractivity (Wildman–Crippen MR) is 102 cm³/mol. The van der Waals surface area contributed by atoms with Gasteiger partial charge in [0.25, 0.3) is 0 Å². The SMILES string of the molecule is Cc1ccc(CNC2CCCCC2NCc2ccccc2)cc1C. The average Bonchev–Trinajstić information content (AvgIpc) is 2.62. The lowest BCUT2D eigenvalue weighted by Crippen LogP contribution is -2.49. The Labute approximate surface area is 146 Å². The van der Waals surface area contributed by atoms with Crippen molar-refractivity contribution in [3.05, 3.63) is 70.8 Å². The Kier molecular flexibility index (Phi) is 6.06. The van der Waals surface area contributed by atoms with Crippen molar-refractivity contribution in [2.45, 2.75) is 64.7 Å². The Balaban J connectivity index is 1.54. The molecule has 1 aliphatic rings. The first-order valence-electron chi connectivity index (χ1n) is 9.29. The normalized spacial score (nSPS) is 20.9. The molecule has 2 aromatic carbocycles. The summed E-state index contributed by atoms with van der Waals surface area (Å²) in [5.41, 5.74) is 5.52. The Morgan fingerprint density at radius 2 is 1.38 bits per heavy atom. The van der Waals surface area contributed by atoms with E-state index in [0.717, 1.165) is 13.1 Å². The van der Waals surface area contributed by atoms with Gasteiger partial charge in [0.05, 0.1) is 0 Å². The summed E-state index contributed by atoms with van der Waals surface area (Å²) in [4.78, 5) is 0. The molecule has 0 radical (unpaired) electrons. The van der Waals surface area contributed by atoms with Gasteiger partial charge in [-0.25, -0.2) is 0 Å². The summed E-state index contributed by atoms with van der Waals surface area (Å²) >= 11 is 0. The zero-order valence-corrected chi connectivity index (χ0v) is 15.0. The first kappa shape index (κ1) is 17.2. The van der Waals surface area contributed by atoms with E-state index in [2.05, 4.69) is 73.0 Å². The van der Waals surface area contributed by atoms with E-state index in [0.29, 0.717) is 12.1 Å². The van der Waals surface area contributed by atoms with Crippen LogP contribution in [0.2, 0.25) is 0 Å². The van der Waals surface area contributed by atoms with Crippen LogP contribution >= 0.6 is 0 Å². The molecule has 1 aliphatic carbocycles. The van der Waals surface area contributed by atoms with Crippen molar-refractivity contribution in [1.82, 2.24) is 10.6 Å². The first-order valence-corrected chi connectivity index (χ1v) is 9.29. The first-order chi connectivity index (χ1) is 11.7. The zero-order valence-electron chi connectivity index (χ0n) is 15.0. The largest absolute Gasteiger partial charge is 0.308 e. The number of aryl methyl sites for hydroxylation is 2. The van der Waals surface area contributed by atoms with Crippen molar-refractivity contribution in [2.75, 3.05) is 0 Å².